The second-order valence-electron chi connectivity index (χ2n) is 4.06. The van der Waals surface area contributed by atoms with Crippen molar-refractivity contribution in [2.45, 2.75) is 6.42 Å². The van der Waals surface area contributed by atoms with E-state index in [-0.39, 0.29) is 30.0 Å². The number of anilines is 2. The lowest BCUT2D eigenvalue weighted by molar-refractivity contribution is 0.270. The van der Waals surface area contributed by atoms with Crippen LogP contribution in [0.15, 0.2) is 9.97 Å². The molecule has 0 aliphatic heterocycles. The van der Waals surface area contributed by atoms with Gasteiger partial charge in [-0.15, -0.1) is 4.91 Å². The van der Waals surface area contributed by atoms with Crippen molar-refractivity contribution in [3.8, 4) is 0 Å². The molecule has 1 fully saturated rings. The summed E-state index contributed by atoms with van der Waals surface area (Å²) in [6.45, 7) is 0.680. The summed E-state index contributed by atoms with van der Waals surface area (Å²) in [5.41, 5.74) is 4.40. The van der Waals surface area contributed by atoms with Crippen LogP contribution in [0.25, 0.3) is 0 Å². The Morgan fingerprint density at radius 1 is 1.59 bits per heavy atom. The Kier molecular flexibility index (Phi) is 3.05. The maximum absolute atomic E-state index is 11.3. The van der Waals surface area contributed by atoms with Crippen LogP contribution in [-0.2, 0) is 0 Å². The normalized spacial score (nSPS) is 22.2. The van der Waals surface area contributed by atoms with Crippen LogP contribution in [0.4, 0.5) is 17.5 Å². The number of nitrogens with two attached hydrogens (primary N) is 1. The highest BCUT2D eigenvalue weighted by Gasteiger charge is 2.36. The van der Waals surface area contributed by atoms with E-state index in [1.807, 2.05) is 0 Å². The van der Waals surface area contributed by atoms with Gasteiger partial charge in [-0.3, -0.25) is 9.78 Å². The van der Waals surface area contributed by atoms with Gasteiger partial charge in [0.05, 0.1) is 0 Å². The lowest BCUT2D eigenvalue weighted by Gasteiger charge is -2.06. The zero-order valence-corrected chi connectivity index (χ0v) is 9.01. The molecule has 0 aromatic carbocycles. The molecule has 0 amide bonds. The van der Waals surface area contributed by atoms with E-state index in [2.05, 4.69) is 20.5 Å². The van der Waals surface area contributed by atoms with Crippen LogP contribution < -0.4 is 16.6 Å². The molecule has 1 aliphatic rings. The van der Waals surface area contributed by atoms with Gasteiger partial charge in [-0.05, 0) is 23.4 Å². The Hall–Kier alpha value is -1.96. The summed E-state index contributed by atoms with van der Waals surface area (Å²) in [6.07, 6.45) is 0.923. The van der Waals surface area contributed by atoms with Gasteiger partial charge in [0.1, 0.15) is 0 Å². The Labute approximate surface area is 96.2 Å². The first-order valence-electron chi connectivity index (χ1n) is 5.23. The number of nitrogens with one attached hydrogen (secondary N) is 2. The van der Waals surface area contributed by atoms with Crippen molar-refractivity contribution in [1.29, 1.82) is 0 Å². The minimum Gasteiger partial charge on any atom is -0.396 e. The standard InChI is InChI=1S/C9H13N5O3/c10-9-12-7(6(14-17)8(16)13-9)11-2-4-1-5(4)3-15/h4-5,15H,1-3H2,(H4,10,11,12,13,16). The fourth-order valence-corrected chi connectivity index (χ4v) is 1.70. The van der Waals surface area contributed by atoms with Crippen molar-refractivity contribution in [2.24, 2.45) is 17.0 Å². The second-order valence-corrected chi connectivity index (χ2v) is 4.06. The third-order valence-electron chi connectivity index (χ3n) is 2.84. The minimum atomic E-state index is -0.662. The van der Waals surface area contributed by atoms with Gasteiger partial charge in [0.25, 0.3) is 5.56 Å². The Balaban J connectivity index is 2.09. The zero-order chi connectivity index (χ0) is 12.4. The van der Waals surface area contributed by atoms with E-state index in [0.29, 0.717) is 12.5 Å². The van der Waals surface area contributed by atoms with E-state index >= 15 is 0 Å². The average Bonchev–Trinajstić information content (AvgIpc) is 3.04. The van der Waals surface area contributed by atoms with Gasteiger partial charge >= 0.3 is 0 Å². The van der Waals surface area contributed by atoms with Crippen molar-refractivity contribution in [2.75, 3.05) is 24.2 Å². The summed E-state index contributed by atoms with van der Waals surface area (Å²) in [6, 6.07) is 0. The first-order valence-corrected chi connectivity index (χ1v) is 5.23. The molecule has 1 aliphatic carbocycles. The third-order valence-corrected chi connectivity index (χ3v) is 2.84. The van der Waals surface area contributed by atoms with Crippen LogP contribution in [-0.4, -0.2) is 28.2 Å². The van der Waals surface area contributed by atoms with Crippen LogP contribution in [0.2, 0.25) is 0 Å². The van der Waals surface area contributed by atoms with Gasteiger partial charge in [0.15, 0.2) is 5.82 Å². The summed E-state index contributed by atoms with van der Waals surface area (Å²) >= 11 is 0. The number of aliphatic hydroxyl groups is 1. The van der Waals surface area contributed by atoms with Gasteiger partial charge in [0.2, 0.25) is 11.6 Å². The van der Waals surface area contributed by atoms with Crippen molar-refractivity contribution >= 4 is 17.5 Å². The molecule has 1 heterocycles. The number of hydrogen-bond donors (Lipinski definition) is 4. The zero-order valence-electron chi connectivity index (χ0n) is 9.01. The molecule has 1 aromatic heterocycles. The molecule has 2 unspecified atom stereocenters. The molecule has 8 nitrogen and oxygen atoms in total. The molecule has 1 saturated carbocycles. The van der Waals surface area contributed by atoms with E-state index in [4.69, 9.17) is 10.8 Å². The number of nitrogen functional groups attached to an aromatic ring is 1. The van der Waals surface area contributed by atoms with E-state index < -0.39 is 5.56 Å². The molecular formula is C9H13N5O3. The molecule has 0 saturated heterocycles. The quantitative estimate of drug-likeness (QED) is 0.525. The van der Waals surface area contributed by atoms with Crippen molar-refractivity contribution in [1.82, 2.24) is 9.97 Å². The first-order chi connectivity index (χ1) is 8.15. The highest BCUT2D eigenvalue weighted by atomic mass is 16.3. The number of nitroso groups, excluding NO2 is 1. The Morgan fingerprint density at radius 2 is 2.35 bits per heavy atom. The molecule has 2 atom stereocenters. The van der Waals surface area contributed by atoms with Crippen molar-refractivity contribution in [3.63, 3.8) is 0 Å². The number of H-pyrrole nitrogens is 1. The van der Waals surface area contributed by atoms with Crippen LogP contribution in [0.1, 0.15) is 6.42 Å². The number of hydrogen-bond acceptors (Lipinski definition) is 7. The molecule has 17 heavy (non-hydrogen) atoms. The average molecular weight is 239 g/mol. The monoisotopic (exact) mass is 239 g/mol. The van der Waals surface area contributed by atoms with Gasteiger partial charge in [0, 0.05) is 13.2 Å². The number of rotatable bonds is 5. The fraction of sp³-hybridized carbons (Fsp3) is 0.556. The summed E-state index contributed by atoms with van der Waals surface area (Å²) in [5, 5.41) is 14.4. The maximum Gasteiger partial charge on any atom is 0.284 e. The van der Waals surface area contributed by atoms with Gasteiger partial charge < -0.3 is 16.2 Å². The predicted octanol–water partition coefficient (Wildman–Crippen LogP) is -0.210. The molecule has 0 bridgehead atoms. The van der Waals surface area contributed by atoms with Crippen LogP contribution in [0, 0.1) is 16.7 Å². The maximum atomic E-state index is 11.3. The molecular weight excluding hydrogens is 226 g/mol. The summed E-state index contributed by atoms with van der Waals surface area (Å²) in [4.78, 5) is 27.8. The number of aromatic amines is 1. The van der Waals surface area contributed by atoms with E-state index in [1.54, 1.807) is 0 Å². The Morgan fingerprint density at radius 3 is 2.94 bits per heavy atom. The predicted molar refractivity (Wildman–Crippen MR) is 61.9 cm³/mol. The molecule has 2 rings (SSSR count). The number of nitrogens with zero attached hydrogens (tertiary/aromatic N) is 2. The molecule has 1 aromatic rings. The molecule has 0 radical (unpaired) electrons. The molecule has 0 spiro atoms. The topological polar surface area (TPSA) is 133 Å². The van der Waals surface area contributed by atoms with Crippen LogP contribution in [0.3, 0.4) is 0 Å². The highest BCUT2D eigenvalue weighted by Crippen LogP contribution is 2.37. The minimum absolute atomic E-state index is 0.0700. The third kappa shape index (κ3) is 2.41. The smallest absolute Gasteiger partial charge is 0.284 e. The first kappa shape index (κ1) is 11.5. The molecule has 8 heteroatoms. The van der Waals surface area contributed by atoms with E-state index in [0.717, 1.165) is 6.42 Å². The SMILES string of the molecule is Nc1nc(NCC2CC2CO)c(N=O)c(=O)[nH]1. The van der Waals surface area contributed by atoms with Gasteiger partial charge in [-0.1, -0.05) is 0 Å². The summed E-state index contributed by atoms with van der Waals surface area (Å²) in [5.74, 6) is 0.639. The van der Waals surface area contributed by atoms with Crippen molar-refractivity contribution in [3.05, 3.63) is 15.3 Å². The van der Waals surface area contributed by atoms with E-state index in [9.17, 15) is 9.70 Å². The highest BCUT2D eigenvalue weighted by molar-refractivity contribution is 5.60. The fourth-order valence-electron chi connectivity index (χ4n) is 1.70. The lowest BCUT2D eigenvalue weighted by atomic mass is 10.3. The van der Waals surface area contributed by atoms with Crippen LogP contribution in [0.5, 0.6) is 0 Å². The van der Waals surface area contributed by atoms with Crippen LogP contribution >= 0.6 is 0 Å². The molecule has 92 valence electrons. The Bertz CT molecular complexity index is 486. The second kappa shape index (κ2) is 4.50. The van der Waals surface area contributed by atoms with Crippen molar-refractivity contribution < 1.29 is 5.11 Å². The number of aliphatic hydroxyl groups excluding tert-OH is 1. The molecule has 5 N–H and O–H groups in total. The number of aromatic nitrogens is 2. The van der Waals surface area contributed by atoms with Gasteiger partial charge in [-0.2, -0.15) is 4.98 Å². The summed E-state index contributed by atoms with van der Waals surface area (Å²) in [7, 11) is 0. The van der Waals surface area contributed by atoms with Gasteiger partial charge in [-0.25, -0.2) is 0 Å². The summed E-state index contributed by atoms with van der Waals surface area (Å²) < 4.78 is 0. The largest absolute Gasteiger partial charge is 0.396 e. The lowest BCUT2D eigenvalue weighted by Crippen LogP contribution is -2.16. The van der Waals surface area contributed by atoms with E-state index in [1.165, 1.54) is 0 Å².